The highest BCUT2D eigenvalue weighted by atomic mass is 16.5. The fraction of sp³-hybridized carbons (Fsp3) is 0.462. The molecule has 0 heterocycles. The maximum atomic E-state index is 10.9. The van der Waals surface area contributed by atoms with Gasteiger partial charge < -0.3 is 14.2 Å². The van der Waals surface area contributed by atoms with Crippen LogP contribution in [0.25, 0.3) is 0 Å². The summed E-state index contributed by atoms with van der Waals surface area (Å²) in [5, 5.41) is 0. The number of methoxy groups -OCH3 is 2. The number of ether oxygens (including phenoxy) is 3. The summed E-state index contributed by atoms with van der Waals surface area (Å²) in [5.74, 6) is 1.32. The van der Waals surface area contributed by atoms with E-state index in [-0.39, 0.29) is 0 Å². The monoisotopic (exact) mass is 238 g/mol. The molecule has 0 saturated heterocycles. The fourth-order valence-electron chi connectivity index (χ4n) is 1.79. The van der Waals surface area contributed by atoms with Gasteiger partial charge in [-0.05, 0) is 25.5 Å². The number of hydrogen-bond acceptors (Lipinski definition) is 4. The van der Waals surface area contributed by atoms with Crippen molar-refractivity contribution in [2.45, 2.75) is 13.8 Å². The van der Waals surface area contributed by atoms with E-state index in [9.17, 15) is 4.79 Å². The zero-order chi connectivity index (χ0) is 12.8. The van der Waals surface area contributed by atoms with E-state index < -0.39 is 0 Å². The average Bonchev–Trinajstić information content (AvgIpc) is 2.32. The maximum absolute atomic E-state index is 10.9. The van der Waals surface area contributed by atoms with Gasteiger partial charge in [-0.2, -0.15) is 0 Å². The topological polar surface area (TPSA) is 44.8 Å². The number of hydrogen-bond donors (Lipinski definition) is 0. The van der Waals surface area contributed by atoms with Crippen LogP contribution in [0.15, 0.2) is 6.07 Å². The molecule has 0 unspecified atom stereocenters. The van der Waals surface area contributed by atoms with Crippen molar-refractivity contribution in [3.63, 3.8) is 0 Å². The van der Waals surface area contributed by atoms with Crippen LogP contribution in [0.3, 0.4) is 0 Å². The molecule has 0 aliphatic rings. The fourth-order valence-corrected chi connectivity index (χ4v) is 1.79. The Labute approximate surface area is 101 Å². The largest absolute Gasteiger partial charge is 0.496 e. The Morgan fingerprint density at radius 3 is 2.41 bits per heavy atom. The van der Waals surface area contributed by atoms with Crippen LogP contribution in [0, 0.1) is 13.8 Å². The molecular weight excluding hydrogens is 220 g/mol. The molecule has 1 aromatic carbocycles. The highest BCUT2D eigenvalue weighted by molar-refractivity contribution is 5.82. The highest BCUT2D eigenvalue weighted by Crippen LogP contribution is 2.33. The Hall–Kier alpha value is -1.55. The number of aryl methyl sites for hydroxylation is 1. The van der Waals surface area contributed by atoms with E-state index >= 15 is 0 Å². The number of benzene rings is 1. The van der Waals surface area contributed by atoms with Crippen LogP contribution in [-0.2, 0) is 4.74 Å². The quantitative estimate of drug-likeness (QED) is 0.562. The summed E-state index contributed by atoms with van der Waals surface area (Å²) in [6.45, 7) is 4.78. The predicted molar refractivity (Wildman–Crippen MR) is 65.2 cm³/mol. The van der Waals surface area contributed by atoms with Crippen molar-refractivity contribution in [2.24, 2.45) is 0 Å². The van der Waals surface area contributed by atoms with E-state index in [0.717, 1.165) is 23.2 Å². The minimum atomic E-state index is 0.474. The minimum Gasteiger partial charge on any atom is -0.496 e. The third kappa shape index (κ3) is 2.97. The zero-order valence-corrected chi connectivity index (χ0v) is 10.7. The van der Waals surface area contributed by atoms with Crippen LogP contribution in [0.5, 0.6) is 11.5 Å². The van der Waals surface area contributed by atoms with Gasteiger partial charge in [-0.25, -0.2) is 0 Å². The van der Waals surface area contributed by atoms with E-state index in [2.05, 4.69) is 0 Å². The molecule has 0 bridgehead atoms. The molecule has 17 heavy (non-hydrogen) atoms. The second kappa shape index (κ2) is 6.25. The smallest absolute Gasteiger partial charge is 0.153 e. The van der Waals surface area contributed by atoms with Gasteiger partial charge >= 0.3 is 0 Å². The van der Waals surface area contributed by atoms with Crippen molar-refractivity contribution in [1.82, 2.24) is 0 Å². The molecule has 94 valence electrons. The van der Waals surface area contributed by atoms with E-state index in [0.29, 0.717) is 24.5 Å². The van der Waals surface area contributed by atoms with Gasteiger partial charge in [0.1, 0.15) is 18.1 Å². The van der Waals surface area contributed by atoms with Crippen LogP contribution in [0.4, 0.5) is 0 Å². The standard InChI is InChI=1S/C13H18O4/c1-9-7-11(8-14)13(16-4)10(2)12(9)17-6-5-15-3/h7-8H,5-6H2,1-4H3. The van der Waals surface area contributed by atoms with E-state index in [4.69, 9.17) is 14.2 Å². The van der Waals surface area contributed by atoms with Gasteiger partial charge in [-0.3, -0.25) is 4.79 Å². The van der Waals surface area contributed by atoms with E-state index in [1.54, 1.807) is 20.3 Å². The van der Waals surface area contributed by atoms with E-state index in [1.807, 2.05) is 13.8 Å². The molecule has 0 aliphatic heterocycles. The van der Waals surface area contributed by atoms with E-state index in [1.165, 1.54) is 0 Å². The van der Waals surface area contributed by atoms with Crippen LogP contribution in [0.2, 0.25) is 0 Å². The maximum Gasteiger partial charge on any atom is 0.153 e. The molecule has 1 rings (SSSR count). The van der Waals surface area contributed by atoms with Gasteiger partial charge in [-0.1, -0.05) is 0 Å². The van der Waals surface area contributed by atoms with Crippen molar-refractivity contribution in [1.29, 1.82) is 0 Å². The Bertz CT molecular complexity index is 399. The number of aldehydes is 1. The average molecular weight is 238 g/mol. The summed E-state index contributed by atoms with van der Waals surface area (Å²) in [6, 6.07) is 1.76. The lowest BCUT2D eigenvalue weighted by atomic mass is 10.0. The summed E-state index contributed by atoms with van der Waals surface area (Å²) >= 11 is 0. The third-order valence-corrected chi connectivity index (χ3v) is 2.54. The lowest BCUT2D eigenvalue weighted by Gasteiger charge is -2.16. The molecular formula is C13H18O4. The third-order valence-electron chi connectivity index (χ3n) is 2.54. The van der Waals surface area contributed by atoms with Crippen LogP contribution < -0.4 is 9.47 Å². The van der Waals surface area contributed by atoms with Crippen molar-refractivity contribution in [3.05, 3.63) is 22.8 Å². The second-order valence-electron chi connectivity index (χ2n) is 3.73. The second-order valence-corrected chi connectivity index (χ2v) is 3.73. The van der Waals surface area contributed by atoms with Gasteiger partial charge in [0.2, 0.25) is 0 Å². The Morgan fingerprint density at radius 2 is 1.88 bits per heavy atom. The summed E-state index contributed by atoms with van der Waals surface area (Å²) in [7, 11) is 3.17. The molecule has 0 aliphatic carbocycles. The molecule has 4 heteroatoms. The first-order chi connectivity index (χ1) is 8.15. The van der Waals surface area contributed by atoms with Crippen molar-refractivity contribution >= 4 is 6.29 Å². The Morgan fingerprint density at radius 1 is 1.18 bits per heavy atom. The number of rotatable bonds is 6. The molecule has 0 fully saturated rings. The van der Waals surface area contributed by atoms with Gasteiger partial charge in [0.15, 0.2) is 6.29 Å². The molecule has 0 amide bonds. The Balaban J connectivity index is 3.08. The molecule has 1 aromatic rings. The van der Waals surface area contributed by atoms with Gasteiger partial charge in [0.05, 0.1) is 19.3 Å². The number of carbonyl (C=O) groups is 1. The van der Waals surface area contributed by atoms with Crippen LogP contribution in [0.1, 0.15) is 21.5 Å². The summed E-state index contributed by atoms with van der Waals surface area (Å²) < 4.78 is 15.8. The van der Waals surface area contributed by atoms with Crippen molar-refractivity contribution < 1.29 is 19.0 Å². The molecule has 0 radical (unpaired) electrons. The molecule has 0 spiro atoms. The summed E-state index contributed by atoms with van der Waals surface area (Å²) in [4.78, 5) is 10.9. The first-order valence-electron chi connectivity index (χ1n) is 5.40. The van der Waals surface area contributed by atoms with Crippen LogP contribution >= 0.6 is 0 Å². The lowest BCUT2D eigenvalue weighted by Crippen LogP contribution is -2.07. The molecule has 0 N–H and O–H groups in total. The van der Waals surface area contributed by atoms with Gasteiger partial charge in [0, 0.05) is 12.7 Å². The van der Waals surface area contributed by atoms with Gasteiger partial charge in [-0.15, -0.1) is 0 Å². The van der Waals surface area contributed by atoms with Crippen molar-refractivity contribution in [2.75, 3.05) is 27.4 Å². The summed E-state index contributed by atoms with van der Waals surface area (Å²) in [6.07, 6.45) is 0.789. The number of carbonyl (C=O) groups excluding carboxylic acids is 1. The van der Waals surface area contributed by atoms with Gasteiger partial charge in [0.25, 0.3) is 0 Å². The molecule has 0 aromatic heterocycles. The normalized spacial score (nSPS) is 10.1. The highest BCUT2D eigenvalue weighted by Gasteiger charge is 2.14. The lowest BCUT2D eigenvalue weighted by molar-refractivity contribution is 0.112. The molecule has 4 nitrogen and oxygen atoms in total. The molecule has 0 saturated carbocycles. The first-order valence-corrected chi connectivity index (χ1v) is 5.40. The Kier molecular flexibility index (Phi) is 4.97. The van der Waals surface area contributed by atoms with Crippen molar-refractivity contribution in [3.8, 4) is 11.5 Å². The predicted octanol–water partition coefficient (Wildman–Crippen LogP) is 2.15. The minimum absolute atomic E-state index is 0.474. The SMILES string of the molecule is COCCOc1c(C)cc(C=O)c(OC)c1C. The van der Waals surface area contributed by atoms with Crippen LogP contribution in [-0.4, -0.2) is 33.7 Å². The first kappa shape index (κ1) is 13.5. The summed E-state index contributed by atoms with van der Waals surface area (Å²) in [5.41, 5.74) is 2.30. The molecule has 0 atom stereocenters. The zero-order valence-electron chi connectivity index (χ0n) is 10.7.